The van der Waals surface area contributed by atoms with Crippen molar-refractivity contribution in [3.05, 3.63) is 60.7 Å². The SMILES string of the molecule is O=C(NCCCSc1ccc(O)cc1)C1C2C=CC(C2)C1C(=O)NCCCSc1ccc(O)cc1. The molecule has 2 aromatic carbocycles. The zero-order valence-electron chi connectivity index (χ0n) is 19.6. The topological polar surface area (TPSA) is 98.7 Å². The third-order valence-corrected chi connectivity index (χ3v) is 8.71. The summed E-state index contributed by atoms with van der Waals surface area (Å²) in [5.41, 5.74) is 0. The maximum Gasteiger partial charge on any atom is 0.224 e. The highest BCUT2D eigenvalue weighted by molar-refractivity contribution is 7.99. The van der Waals surface area contributed by atoms with Crippen molar-refractivity contribution in [1.29, 1.82) is 0 Å². The van der Waals surface area contributed by atoms with Crippen molar-refractivity contribution in [3.63, 3.8) is 0 Å². The number of fused-ring (bicyclic) bond motifs is 2. The second-order valence-electron chi connectivity index (χ2n) is 8.97. The number of benzene rings is 2. The van der Waals surface area contributed by atoms with Gasteiger partial charge in [0.05, 0.1) is 11.8 Å². The molecule has 0 saturated heterocycles. The quantitative estimate of drug-likeness (QED) is 0.191. The average molecular weight is 513 g/mol. The average Bonchev–Trinajstić information content (AvgIpc) is 3.48. The lowest BCUT2D eigenvalue weighted by molar-refractivity contribution is -0.135. The Bertz CT molecular complexity index is 945. The van der Waals surface area contributed by atoms with E-state index in [1.165, 1.54) is 0 Å². The van der Waals surface area contributed by atoms with Crippen molar-refractivity contribution in [2.45, 2.75) is 29.1 Å². The van der Waals surface area contributed by atoms with E-state index in [-0.39, 0.29) is 47.0 Å². The fraction of sp³-hybridized carbons (Fsp3) is 0.407. The summed E-state index contributed by atoms with van der Waals surface area (Å²) in [4.78, 5) is 28.2. The van der Waals surface area contributed by atoms with E-state index in [0.717, 1.165) is 40.6 Å². The zero-order valence-corrected chi connectivity index (χ0v) is 21.2. The lowest BCUT2D eigenvalue weighted by Crippen LogP contribution is -2.44. The predicted octanol–water partition coefficient (Wildman–Crippen LogP) is 4.43. The van der Waals surface area contributed by atoms with Crippen LogP contribution in [0.1, 0.15) is 19.3 Å². The molecule has 35 heavy (non-hydrogen) atoms. The zero-order chi connectivity index (χ0) is 24.6. The van der Waals surface area contributed by atoms with Gasteiger partial charge in [0.15, 0.2) is 0 Å². The number of aromatic hydroxyl groups is 2. The molecule has 0 aromatic heterocycles. The Kier molecular flexibility index (Phi) is 9.04. The number of phenols is 2. The maximum atomic E-state index is 13.0. The van der Waals surface area contributed by atoms with Crippen LogP contribution in [0.5, 0.6) is 11.5 Å². The van der Waals surface area contributed by atoms with Gasteiger partial charge >= 0.3 is 0 Å². The molecule has 6 nitrogen and oxygen atoms in total. The van der Waals surface area contributed by atoms with Gasteiger partial charge in [-0.3, -0.25) is 9.59 Å². The lowest BCUT2D eigenvalue weighted by atomic mass is 9.81. The molecule has 1 saturated carbocycles. The standard InChI is InChI=1S/C27H32N2O4S2/c30-20-5-9-22(10-6-20)34-15-1-13-28-26(32)24-18-3-4-19(17-18)25(24)27(33)29-14-2-16-35-23-11-7-21(31)8-12-23/h3-12,18-19,24-25,30-31H,1-2,13-17H2,(H,28,32)(H,29,33). The van der Waals surface area contributed by atoms with E-state index in [0.29, 0.717) is 13.1 Å². The van der Waals surface area contributed by atoms with Gasteiger partial charge in [0, 0.05) is 22.9 Å². The normalized spacial score (nSPS) is 22.3. The van der Waals surface area contributed by atoms with E-state index < -0.39 is 0 Å². The van der Waals surface area contributed by atoms with Gasteiger partial charge in [0.1, 0.15) is 11.5 Å². The second-order valence-corrected chi connectivity index (χ2v) is 11.3. The van der Waals surface area contributed by atoms with Gasteiger partial charge in [-0.2, -0.15) is 0 Å². The lowest BCUT2D eigenvalue weighted by Gasteiger charge is -2.26. The number of hydrogen-bond acceptors (Lipinski definition) is 6. The van der Waals surface area contributed by atoms with E-state index in [2.05, 4.69) is 22.8 Å². The molecule has 0 spiro atoms. The van der Waals surface area contributed by atoms with Crippen LogP contribution < -0.4 is 10.6 Å². The van der Waals surface area contributed by atoms with E-state index in [1.807, 2.05) is 24.3 Å². The van der Waals surface area contributed by atoms with Crippen LogP contribution in [0, 0.1) is 23.7 Å². The van der Waals surface area contributed by atoms with Crippen LogP contribution in [0.25, 0.3) is 0 Å². The highest BCUT2D eigenvalue weighted by Gasteiger charge is 2.51. The number of amides is 2. The molecule has 0 aliphatic heterocycles. The number of rotatable bonds is 12. The fourth-order valence-corrected chi connectivity index (χ4v) is 6.51. The van der Waals surface area contributed by atoms with Crippen LogP contribution in [-0.4, -0.2) is 46.6 Å². The van der Waals surface area contributed by atoms with E-state index in [1.54, 1.807) is 47.8 Å². The highest BCUT2D eigenvalue weighted by Crippen LogP contribution is 2.48. The molecule has 2 amide bonds. The van der Waals surface area contributed by atoms with E-state index in [4.69, 9.17) is 0 Å². The molecule has 2 aliphatic rings. The van der Waals surface area contributed by atoms with Crippen LogP contribution in [0.3, 0.4) is 0 Å². The molecule has 4 N–H and O–H groups in total. The molecule has 4 atom stereocenters. The van der Waals surface area contributed by atoms with Crippen LogP contribution in [0.4, 0.5) is 0 Å². The van der Waals surface area contributed by atoms with Gasteiger partial charge < -0.3 is 20.8 Å². The summed E-state index contributed by atoms with van der Waals surface area (Å²) in [5.74, 6) is 1.93. The fourth-order valence-electron chi connectivity index (χ4n) is 4.81. The van der Waals surface area contributed by atoms with E-state index in [9.17, 15) is 19.8 Å². The maximum absolute atomic E-state index is 13.0. The molecule has 0 heterocycles. The number of hydrogen-bond donors (Lipinski definition) is 4. The number of thioether (sulfide) groups is 2. The summed E-state index contributed by atoms with van der Waals surface area (Å²) in [6.45, 7) is 1.18. The van der Waals surface area contributed by atoms with Crippen LogP contribution in [-0.2, 0) is 9.59 Å². The van der Waals surface area contributed by atoms with Crippen molar-refractivity contribution < 1.29 is 19.8 Å². The number of phenolic OH excluding ortho intramolecular Hbond substituents is 2. The summed E-state index contributed by atoms with van der Waals surface area (Å²) in [6, 6.07) is 14.2. The number of allylic oxidation sites excluding steroid dienone is 2. The first-order chi connectivity index (χ1) is 17.0. The summed E-state index contributed by atoms with van der Waals surface area (Å²) in [6.07, 6.45) is 6.76. The van der Waals surface area contributed by atoms with Gasteiger partial charge in [-0.15, -0.1) is 23.5 Å². The Morgan fingerprint density at radius 2 is 1.11 bits per heavy atom. The first-order valence-electron chi connectivity index (χ1n) is 12.1. The molecular formula is C27H32N2O4S2. The summed E-state index contributed by atoms with van der Waals surface area (Å²) in [7, 11) is 0. The van der Waals surface area contributed by atoms with Gasteiger partial charge in [-0.1, -0.05) is 12.2 Å². The first-order valence-corrected chi connectivity index (χ1v) is 14.1. The second kappa shape index (κ2) is 12.4. The number of carbonyl (C=O) groups is 2. The van der Waals surface area contributed by atoms with Crippen LogP contribution in [0.15, 0.2) is 70.5 Å². The summed E-state index contributed by atoms with van der Waals surface area (Å²) in [5, 5.41) is 24.8. The van der Waals surface area contributed by atoms with Crippen molar-refractivity contribution in [2.75, 3.05) is 24.6 Å². The molecule has 1 fully saturated rings. The van der Waals surface area contributed by atoms with Crippen molar-refractivity contribution >= 4 is 35.3 Å². The third-order valence-electron chi connectivity index (χ3n) is 6.52. The molecule has 2 aromatic rings. The molecule has 4 unspecified atom stereocenters. The Hall–Kier alpha value is -2.58. The van der Waals surface area contributed by atoms with Gasteiger partial charge in [-0.05, 0) is 91.1 Å². The summed E-state index contributed by atoms with van der Waals surface area (Å²) >= 11 is 3.38. The largest absolute Gasteiger partial charge is 0.508 e. The van der Waals surface area contributed by atoms with Gasteiger partial charge in [0.2, 0.25) is 11.8 Å². The molecule has 8 heteroatoms. The molecule has 186 valence electrons. The minimum Gasteiger partial charge on any atom is -0.508 e. The Balaban J connectivity index is 1.17. The van der Waals surface area contributed by atoms with Crippen molar-refractivity contribution in [1.82, 2.24) is 10.6 Å². The Morgan fingerprint density at radius 1 is 0.714 bits per heavy atom. The highest BCUT2D eigenvalue weighted by atomic mass is 32.2. The smallest absolute Gasteiger partial charge is 0.224 e. The molecule has 2 bridgehead atoms. The predicted molar refractivity (Wildman–Crippen MR) is 141 cm³/mol. The number of nitrogens with one attached hydrogen (secondary N) is 2. The minimum absolute atomic E-state index is 0.0143. The Morgan fingerprint density at radius 3 is 1.51 bits per heavy atom. The molecule has 4 rings (SSSR count). The van der Waals surface area contributed by atoms with Gasteiger partial charge in [0.25, 0.3) is 0 Å². The molecular weight excluding hydrogens is 480 g/mol. The van der Waals surface area contributed by atoms with Crippen molar-refractivity contribution in [2.24, 2.45) is 23.7 Å². The van der Waals surface area contributed by atoms with Crippen molar-refractivity contribution in [3.8, 4) is 11.5 Å². The van der Waals surface area contributed by atoms with E-state index >= 15 is 0 Å². The molecule has 0 radical (unpaired) electrons. The van der Waals surface area contributed by atoms with Gasteiger partial charge in [-0.25, -0.2) is 0 Å². The third kappa shape index (κ3) is 6.98. The van der Waals surface area contributed by atoms with Crippen LogP contribution >= 0.6 is 23.5 Å². The Labute approximate surface area is 215 Å². The number of carbonyl (C=O) groups excluding carboxylic acids is 2. The molecule has 2 aliphatic carbocycles. The monoisotopic (exact) mass is 512 g/mol. The van der Waals surface area contributed by atoms with Crippen LogP contribution in [0.2, 0.25) is 0 Å². The first kappa shape index (κ1) is 25.5. The summed E-state index contributed by atoms with van der Waals surface area (Å²) < 4.78 is 0. The minimum atomic E-state index is -0.291.